The van der Waals surface area contributed by atoms with Gasteiger partial charge in [-0.05, 0) is 26.0 Å². The van der Waals surface area contributed by atoms with Crippen molar-refractivity contribution < 1.29 is 14.6 Å². The molecule has 0 saturated carbocycles. The molecule has 0 fully saturated rings. The van der Waals surface area contributed by atoms with E-state index in [1.54, 1.807) is 32.1 Å². The van der Waals surface area contributed by atoms with Gasteiger partial charge in [-0.1, -0.05) is 6.08 Å². The van der Waals surface area contributed by atoms with Gasteiger partial charge in [0, 0.05) is 0 Å². The van der Waals surface area contributed by atoms with Gasteiger partial charge in [0.15, 0.2) is 0 Å². The van der Waals surface area contributed by atoms with Gasteiger partial charge in [0.25, 0.3) is 0 Å². The molecular weight excluding hydrogens is 132 g/mol. The first-order valence-electron chi connectivity index (χ1n) is 2.90. The van der Waals surface area contributed by atoms with Crippen LogP contribution in [0.25, 0.3) is 0 Å². The Hall–Kier alpha value is -1.25. The fourth-order valence-electron chi connectivity index (χ4n) is 0.454. The molecule has 0 amide bonds. The lowest BCUT2D eigenvalue weighted by atomic mass is 10.4. The summed E-state index contributed by atoms with van der Waals surface area (Å²) in [4.78, 5) is 9.95. The second kappa shape index (κ2) is 4.61. The van der Waals surface area contributed by atoms with Crippen molar-refractivity contribution in [1.29, 1.82) is 0 Å². The summed E-state index contributed by atoms with van der Waals surface area (Å²) in [6.07, 6.45) is 3.58. The second-order valence-corrected chi connectivity index (χ2v) is 1.56. The molecule has 56 valence electrons. The molecule has 0 aromatic carbocycles. The van der Waals surface area contributed by atoms with Crippen LogP contribution in [0.3, 0.4) is 0 Å². The molecule has 1 N–H and O–H groups in total. The van der Waals surface area contributed by atoms with Gasteiger partial charge in [0.05, 0.1) is 0 Å². The third-order valence-electron chi connectivity index (χ3n) is 0.821. The van der Waals surface area contributed by atoms with E-state index in [0.29, 0.717) is 5.76 Å². The Morgan fingerprint density at radius 2 is 2.10 bits per heavy atom. The number of carboxylic acid groups (broad SMARTS) is 1. The molecule has 0 aromatic heterocycles. The average molecular weight is 142 g/mol. The van der Waals surface area contributed by atoms with Crippen LogP contribution in [0.5, 0.6) is 0 Å². The standard InChI is InChI=1S/C7H10O3/c1-3-5-6(4-2)10-7(8)9/h3-5H,1-2H3,(H,8,9)/b5-3-,6-4+. The lowest BCUT2D eigenvalue weighted by Gasteiger charge is -1.96. The van der Waals surface area contributed by atoms with Crippen LogP contribution in [-0.4, -0.2) is 11.3 Å². The molecule has 3 heteroatoms. The van der Waals surface area contributed by atoms with Crippen LogP contribution in [0.2, 0.25) is 0 Å². The third-order valence-corrected chi connectivity index (χ3v) is 0.821. The van der Waals surface area contributed by atoms with Crippen molar-refractivity contribution in [2.75, 3.05) is 0 Å². The third kappa shape index (κ3) is 3.72. The molecule has 0 atom stereocenters. The van der Waals surface area contributed by atoms with E-state index >= 15 is 0 Å². The molecule has 0 rings (SSSR count). The van der Waals surface area contributed by atoms with E-state index in [-0.39, 0.29) is 0 Å². The second-order valence-electron chi connectivity index (χ2n) is 1.56. The highest BCUT2D eigenvalue weighted by Crippen LogP contribution is 1.98. The summed E-state index contributed by atoms with van der Waals surface area (Å²) in [6, 6.07) is 0. The first-order valence-corrected chi connectivity index (χ1v) is 2.90. The maximum Gasteiger partial charge on any atom is 0.511 e. The summed E-state index contributed by atoms with van der Waals surface area (Å²) < 4.78 is 4.33. The van der Waals surface area contributed by atoms with Crippen molar-refractivity contribution in [3.05, 3.63) is 24.0 Å². The maximum atomic E-state index is 9.95. The Kier molecular flexibility index (Phi) is 4.04. The summed E-state index contributed by atoms with van der Waals surface area (Å²) in [6.45, 7) is 3.49. The van der Waals surface area contributed by atoms with Crippen LogP contribution in [0.1, 0.15) is 13.8 Å². The van der Waals surface area contributed by atoms with Crippen molar-refractivity contribution in [3.8, 4) is 0 Å². The molecule has 0 aliphatic carbocycles. The van der Waals surface area contributed by atoms with Gasteiger partial charge in [0.1, 0.15) is 5.76 Å². The minimum atomic E-state index is -1.29. The molecule has 0 aliphatic heterocycles. The van der Waals surface area contributed by atoms with Crippen LogP contribution in [0.4, 0.5) is 4.79 Å². The summed E-state index contributed by atoms with van der Waals surface area (Å²) in [5, 5.41) is 8.14. The highest BCUT2D eigenvalue weighted by atomic mass is 16.7. The fraction of sp³-hybridized carbons (Fsp3) is 0.286. The van der Waals surface area contributed by atoms with E-state index in [4.69, 9.17) is 5.11 Å². The monoisotopic (exact) mass is 142 g/mol. The van der Waals surface area contributed by atoms with Gasteiger partial charge < -0.3 is 9.84 Å². The minimum Gasteiger partial charge on any atom is -0.449 e. The Morgan fingerprint density at radius 1 is 1.50 bits per heavy atom. The van der Waals surface area contributed by atoms with Crippen LogP contribution in [0.15, 0.2) is 24.0 Å². The first kappa shape index (κ1) is 8.75. The largest absolute Gasteiger partial charge is 0.511 e. The Balaban J connectivity index is 3.98. The molecule has 0 spiro atoms. The lowest BCUT2D eigenvalue weighted by Crippen LogP contribution is -1.97. The SMILES string of the molecule is C/C=C\C(=C/C)OC(=O)O. The number of rotatable bonds is 2. The van der Waals surface area contributed by atoms with Crippen molar-refractivity contribution in [2.45, 2.75) is 13.8 Å². The number of hydrogen-bond donors (Lipinski definition) is 1. The predicted octanol–water partition coefficient (Wildman–Crippen LogP) is 2.16. The van der Waals surface area contributed by atoms with Gasteiger partial charge >= 0.3 is 6.16 Å². The summed E-state index contributed by atoms with van der Waals surface area (Å²) in [7, 11) is 0. The molecule has 0 radical (unpaired) electrons. The van der Waals surface area contributed by atoms with Gasteiger partial charge in [-0.25, -0.2) is 4.79 Å². The minimum absolute atomic E-state index is 0.343. The molecule has 0 saturated heterocycles. The van der Waals surface area contributed by atoms with E-state index in [2.05, 4.69) is 4.74 Å². The Morgan fingerprint density at radius 3 is 2.40 bits per heavy atom. The predicted molar refractivity (Wildman–Crippen MR) is 37.7 cm³/mol. The molecule has 0 bridgehead atoms. The van der Waals surface area contributed by atoms with Gasteiger partial charge in [-0.15, -0.1) is 0 Å². The van der Waals surface area contributed by atoms with E-state index in [1.165, 1.54) is 0 Å². The zero-order chi connectivity index (χ0) is 7.98. The molecule has 0 aromatic rings. The average Bonchev–Trinajstić information content (AvgIpc) is 1.86. The highest BCUT2D eigenvalue weighted by Gasteiger charge is 1.97. The Bertz CT molecular complexity index is 168. The molecular formula is C7H10O3. The van der Waals surface area contributed by atoms with E-state index in [9.17, 15) is 4.79 Å². The summed E-state index contributed by atoms with van der Waals surface area (Å²) >= 11 is 0. The van der Waals surface area contributed by atoms with Gasteiger partial charge in [-0.3, -0.25) is 0 Å². The Labute approximate surface area is 59.6 Å². The molecule has 3 nitrogen and oxygen atoms in total. The zero-order valence-electron chi connectivity index (χ0n) is 6.00. The van der Waals surface area contributed by atoms with Crippen molar-refractivity contribution >= 4 is 6.16 Å². The van der Waals surface area contributed by atoms with Gasteiger partial charge in [0.2, 0.25) is 0 Å². The van der Waals surface area contributed by atoms with Crippen LogP contribution in [0, 0.1) is 0 Å². The van der Waals surface area contributed by atoms with Crippen molar-refractivity contribution in [1.82, 2.24) is 0 Å². The number of ether oxygens (including phenoxy) is 1. The van der Waals surface area contributed by atoms with E-state index < -0.39 is 6.16 Å². The number of hydrogen-bond acceptors (Lipinski definition) is 2. The van der Waals surface area contributed by atoms with Crippen LogP contribution < -0.4 is 0 Å². The molecule has 0 aliphatic rings. The highest BCUT2D eigenvalue weighted by molar-refractivity contribution is 5.59. The van der Waals surface area contributed by atoms with Crippen molar-refractivity contribution in [3.63, 3.8) is 0 Å². The molecule has 0 heterocycles. The van der Waals surface area contributed by atoms with Gasteiger partial charge in [-0.2, -0.15) is 0 Å². The first-order chi connectivity index (χ1) is 4.70. The molecule has 0 unspecified atom stereocenters. The van der Waals surface area contributed by atoms with E-state index in [0.717, 1.165) is 0 Å². The lowest BCUT2D eigenvalue weighted by molar-refractivity contribution is 0.121. The summed E-state index contributed by atoms with van der Waals surface area (Å²) in [5.41, 5.74) is 0. The number of carbonyl (C=O) groups is 1. The topological polar surface area (TPSA) is 46.5 Å². The van der Waals surface area contributed by atoms with E-state index in [1.807, 2.05) is 0 Å². The molecule has 10 heavy (non-hydrogen) atoms. The van der Waals surface area contributed by atoms with Crippen molar-refractivity contribution in [2.24, 2.45) is 0 Å². The fourth-order valence-corrected chi connectivity index (χ4v) is 0.454. The summed E-state index contributed by atoms with van der Waals surface area (Å²) in [5.74, 6) is 0.343. The van der Waals surface area contributed by atoms with Crippen LogP contribution in [-0.2, 0) is 4.74 Å². The zero-order valence-corrected chi connectivity index (χ0v) is 6.00. The smallest absolute Gasteiger partial charge is 0.449 e. The quantitative estimate of drug-likeness (QED) is 0.365. The van der Waals surface area contributed by atoms with Crippen LogP contribution >= 0.6 is 0 Å². The number of allylic oxidation sites excluding steroid dienone is 3. The maximum absolute atomic E-state index is 9.95. The normalized spacial score (nSPS) is 12.0.